The van der Waals surface area contributed by atoms with Crippen LogP contribution in [0.5, 0.6) is 0 Å². The Hall–Kier alpha value is -2.63. The van der Waals surface area contributed by atoms with E-state index in [9.17, 15) is 9.59 Å². The summed E-state index contributed by atoms with van der Waals surface area (Å²) in [6.45, 7) is 11.1. The molecular formula is C25H36N4O2. The van der Waals surface area contributed by atoms with Gasteiger partial charge >= 0.3 is 0 Å². The first-order valence-corrected chi connectivity index (χ1v) is 11.5. The van der Waals surface area contributed by atoms with Crippen molar-refractivity contribution in [2.45, 2.75) is 85.7 Å². The second-order valence-corrected chi connectivity index (χ2v) is 9.29. The fourth-order valence-electron chi connectivity index (χ4n) is 4.33. The SMILES string of the molecule is Cc1cc(C(=O)NC2CCCCC2)ccc1NC(=O)Cc1c(C)nn(CC(C)C)c1C. The van der Waals surface area contributed by atoms with E-state index in [0.717, 1.165) is 47.6 Å². The lowest BCUT2D eigenvalue weighted by Crippen LogP contribution is -2.36. The molecule has 2 aromatic rings. The number of nitrogens with one attached hydrogen (secondary N) is 2. The van der Waals surface area contributed by atoms with Crippen molar-refractivity contribution in [1.82, 2.24) is 15.1 Å². The van der Waals surface area contributed by atoms with Crippen LogP contribution < -0.4 is 10.6 Å². The largest absolute Gasteiger partial charge is 0.349 e. The van der Waals surface area contributed by atoms with E-state index in [0.29, 0.717) is 17.9 Å². The molecule has 0 aliphatic heterocycles. The van der Waals surface area contributed by atoms with Gasteiger partial charge in [0.05, 0.1) is 12.1 Å². The highest BCUT2D eigenvalue weighted by atomic mass is 16.2. The number of nitrogens with zero attached hydrogens (tertiary/aromatic N) is 2. The number of benzene rings is 1. The molecule has 0 atom stereocenters. The normalized spacial score (nSPS) is 14.6. The van der Waals surface area contributed by atoms with Gasteiger partial charge in [0, 0.05) is 35.1 Å². The Morgan fingerprint density at radius 2 is 1.84 bits per heavy atom. The number of hydrogen-bond acceptors (Lipinski definition) is 3. The Morgan fingerprint density at radius 3 is 2.48 bits per heavy atom. The molecule has 2 amide bonds. The van der Waals surface area contributed by atoms with Gasteiger partial charge in [0.15, 0.2) is 0 Å². The minimum atomic E-state index is -0.0715. The molecule has 6 nitrogen and oxygen atoms in total. The molecule has 3 rings (SSSR count). The summed E-state index contributed by atoms with van der Waals surface area (Å²) >= 11 is 0. The molecule has 1 aliphatic rings. The lowest BCUT2D eigenvalue weighted by Gasteiger charge is -2.23. The summed E-state index contributed by atoms with van der Waals surface area (Å²) in [5.74, 6) is 0.394. The van der Waals surface area contributed by atoms with Crippen molar-refractivity contribution in [3.05, 3.63) is 46.3 Å². The highest BCUT2D eigenvalue weighted by Gasteiger charge is 2.18. The van der Waals surface area contributed by atoms with Crippen molar-refractivity contribution in [2.75, 3.05) is 5.32 Å². The molecule has 0 spiro atoms. The maximum atomic E-state index is 12.7. The number of aryl methyl sites for hydroxylation is 2. The molecule has 2 N–H and O–H groups in total. The van der Waals surface area contributed by atoms with Gasteiger partial charge < -0.3 is 10.6 Å². The summed E-state index contributed by atoms with van der Waals surface area (Å²) in [5, 5.41) is 10.7. The molecule has 0 radical (unpaired) electrons. The fraction of sp³-hybridized carbons (Fsp3) is 0.560. The average Bonchev–Trinajstić information content (AvgIpc) is 2.97. The zero-order chi connectivity index (χ0) is 22.5. The fourth-order valence-corrected chi connectivity index (χ4v) is 4.33. The molecule has 1 aliphatic carbocycles. The van der Waals surface area contributed by atoms with Crippen molar-refractivity contribution in [1.29, 1.82) is 0 Å². The Balaban J connectivity index is 1.63. The summed E-state index contributed by atoms with van der Waals surface area (Å²) in [5.41, 5.74) is 5.20. The van der Waals surface area contributed by atoms with E-state index in [4.69, 9.17) is 0 Å². The van der Waals surface area contributed by atoms with Crippen LogP contribution in [0.15, 0.2) is 18.2 Å². The Kier molecular flexibility index (Phi) is 7.52. The summed E-state index contributed by atoms with van der Waals surface area (Å²) in [6.07, 6.45) is 6.04. The van der Waals surface area contributed by atoms with E-state index >= 15 is 0 Å². The highest BCUT2D eigenvalue weighted by molar-refractivity contribution is 5.97. The average molecular weight is 425 g/mol. The second kappa shape index (κ2) is 10.1. The van der Waals surface area contributed by atoms with Gasteiger partial charge in [-0.15, -0.1) is 0 Å². The van der Waals surface area contributed by atoms with Crippen molar-refractivity contribution >= 4 is 17.5 Å². The predicted molar refractivity (Wildman–Crippen MR) is 124 cm³/mol. The molecule has 1 aromatic carbocycles. The van der Waals surface area contributed by atoms with Gasteiger partial charge in [-0.05, 0) is 63.3 Å². The van der Waals surface area contributed by atoms with Gasteiger partial charge in [0.1, 0.15) is 0 Å². The second-order valence-electron chi connectivity index (χ2n) is 9.29. The maximum Gasteiger partial charge on any atom is 0.251 e. The van der Waals surface area contributed by atoms with E-state index in [1.165, 1.54) is 19.3 Å². The minimum Gasteiger partial charge on any atom is -0.349 e. The standard InChI is InChI=1S/C25H36N4O2/c1-16(2)15-29-19(5)22(18(4)28-29)14-24(30)27-23-12-11-20(13-17(23)3)25(31)26-21-9-7-6-8-10-21/h11-13,16,21H,6-10,14-15H2,1-5H3,(H,26,31)(H,27,30). The summed E-state index contributed by atoms with van der Waals surface area (Å²) in [6, 6.07) is 5.75. The Morgan fingerprint density at radius 1 is 1.13 bits per heavy atom. The van der Waals surface area contributed by atoms with Crippen LogP contribution in [0.25, 0.3) is 0 Å². The molecule has 0 unspecified atom stereocenters. The molecule has 1 fully saturated rings. The van der Waals surface area contributed by atoms with Crippen molar-refractivity contribution < 1.29 is 9.59 Å². The third-order valence-electron chi connectivity index (χ3n) is 6.11. The number of carbonyl (C=O) groups is 2. The van der Waals surface area contributed by atoms with Gasteiger partial charge in [-0.1, -0.05) is 33.1 Å². The van der Waals surface area contributed by atoms with E-state index in [1.54, 1.807) is 6.07 Å². The van der Waals surface area contributed by atoms with Crippen LogP contribution in [0.4, 0.5) is 5.69 Å². The minimum absolute atomic E-state index is 0.0308. The van der Waals surface area contributed by atoms with Crippen LogP contribution in [-0.2, 0) is 17.8 Å². The lowest BCUT2D eigenvalue weighted by molar-refractivity contribution is -0.115. The summed E-state index contributed by atoms with van der Waals surface area (Å²) in [7, 11) is 0. The van der Waals surface area contributed by atoms with Crippen LogP contribution in [0.3, 0.4) is 0 Å². The zero-order valence-corrected chi connectivity index (χ0v) is 19.5. The first-order valence-electron chi connectivity index (χ1n) is 11.5. The van der Waals surface area contributed by atoms with Crippen LogP contribution >= 0.6 is 0 Å². The molecule has 0 saturated heterocycles. The van der Waals surface area contributed by atoms with E-state index < -0.39 is 0 Å². The molecule has 1 aromatic heterocycles. The maximum absolute atomic E-state index is 12.7. The van der Waals surface area contributed by atoms with E-state index in [2.05, 4.69) is 29.6 Å². The number of carbonyl (C=O) groups excluding carboxylic acids is 2. The first kappa shape index (κ1) is 23.0. The Bertz CT molecular complexity index is 939. The van der Waals surface area contributed by atoms with Crippen LogP contribution in [0, 0.1) is 26.7 Å². The van der Waals surface area contributed by atoms with Gasteiger partial charge in [-0.25, -0.2) is 0 Å². The van der Waals surface area contributed by atoms with Crippen LogP contribution in [0.2, 0.25) is 0 Å². The third-order valence-corrected chi connectivity index (χ3v) is 6.11. The molecule has 1 heterocycles. The number of rotatable bonds is 7. The third kappa shape index (κ3) is 5.96. The summed E-state index contributed by atoms with van der Waals surface area (Å²) < 4.78 is 1.99. The van der Waals surface area contributed by atoms with Crippen LogP contribution in [-0.4, -0.2) is 27.6 Å². The van der Waals surface area contributed by atoms with Crippen molar-refractivity contribution in [2.24, 2.45) is 5.92 Å². The van der Waals surface area contributed by atoms with Gasteiger partial charge in [0.2, 0.25) is 5.91 Å². The molecular weight excluding hydrogens is 388 g/mol. The molecule has 168 valence electrons. The monoisotopic (exact) mass is 424 g/mol. The first-order chi connectivity index (χ1) is 14.7. The smallest absolute Gasteiger partial charge is 0.251 e. The number of aromatic nitrogens is 2. The molecule has 31 heavy (non-hydrogen) atoms. The van der Waals surface area contributed by atoms with Gasteiger partial charge in [-0.2, -0.15) is 5.10 Å². The highest BCUT2D eigenvalue weighted by Crippen LogP contribution is 2.21. The molecule has 1 saturated carbocycles. The van der Waals surface area contributed by atoms with Gasteiger partial charge in [0.25, 0.3) is 5.91 Å². The number of amides is 2. The van der Waals surface area contributed by atoms with E-state index in [-0.39, 0.29) is 17.9 Å². The topological polar surface area (TPSA) is 76.0 Å². The van der Waals surface area contributed by atoms with E-state index in [1.807, 2.05) is 37.6 Å². The number of hydrogen-bond donors (Lipinski definition) is 2. The van der Waals surface area contributed by atoms with Crippen molar-refractivity contribution in [3.63, 3.8) is 0 Å². The molecule has 6 heteroatoms. The lowest BCUT2D eigenvalue weighted by atomic mass is 9.95. The van der Waals surface area contributed by atoms with Crippen LogP contribution in [0.1, 0.15) is 78.8 Å². The quantitative estimate of drug-likeness (QED) is 0.676. The predicted octanol–water partition coefficient (Wildman–Crippen LogP) is 4.71. The number of anilines is 1. The Labute approximate surface area is 185 Å². The van der Waals surface area contributed by atoms with Crippen molar-refractivity contribution in [3.8, 4) is 0 Å². The molecule has 0 bridgehead atoms. The van der Waals surface area contributed by atoms with Gasteiger partial charge in [-0.3, -0.25) is 14.3 Å². The zero-order valence-electron chi connectivity index (χ0n) is 19.5. The summed E-state index contributed by atoms with van der Waals surface area (Å²) in [4.78, 5) is 25.3.